The van der Waals surface area contributed by atoms with Gasteiger partial charge in [-0.15, -0.1) is 0 Å². The third kappa shape index (κ3) is 24.4. The number of aliphatic hydroxyl groups excluding tert-OH is 1. The third-order valence-corrected chi connectivity index (χ3v) is 17.9. The molecule has 27 heteroatoms. The summed E-state index contributed by atoms with van der Waals surface area (Å²) in [6.45, 7) is 26.3. The average molecular weight is 1350 g/mol. The Hall–Kier alpha value is -7.71. The van der Waals surface area contributed by atoms with Crippen LogP contribution in [-0.2, 0) is 68.7 Å². The molecule has 0 unspecified atom stereocenters. The van der Waals surface area contributed by atoms with Crippen LogP contribution in [0.1, 0.15) is 180 Å². The lowest BCUT2D eigenvalue weighted by Gasteiger charge is -2.33. The van der Waals surface area contributed by atoms with E-state index in [1.165, 1.54) is 37.6 Å². The highest BCUT2D eigenvalue weighted by Crippen LogP contribution is 2.23. The predicted octanol–water partition coefficient (Wildman–Crippen LogP) is 1.62. The van der Waals surface area contributed by atoms with Crippen molar-refractivity contribution < 1.29 is 67.4 Å². The standard InChI is InChI=1S/C69H113N13O14/c1-17-42(12)56-65(92)74-50(35-46-25-20-18-21-26-46)62(89)75-51(34-40(8)9)68(95)82-30-24-27-53(82)64(91)79-57(45(15)83)66(93)73-48(32-38(4)5)61(88)76-52(67(94)81-28-22-19-23-29-81)36-54(84)70-43(13)58(85)77-55(41(10)11)69(96)80(16)44(14)59(86)71-47(31-37(2)3)60(87)72-49(33-39(6)7)63(90)78-56/h18,20-21,25-26,37-45,47-53,55-57,83H,17,19,22-24,27-36H2,1-16H3,(H,70,84)(H,71,86)(H,72,87)(H,73,93)(H,74,92)(H,75,89)(H,76,88)(H,77,85)(H,78,90)(H,79,91)/t42-,43-,44-,45+,47-,48-,49-,50-,51-,52-,53-,55-,56-,57-/m0/s1. The van der Waals surface area contributed by atoms with E-state index in [9.17, 15) is 67.4 Å². The molecule has 3 heterocycles. The number of aliphatic hydroxyl groups is 1. The maximum absolute atomic E-state index is 14.9. The fourth-order valence-electron chi connectivity index (χ4n) is 12.1. The van der Waals surface area contributed by atoms with E-state index >= 15 is 0 Å². The number of rotatable bonds is 15. The van der Waals surface area contributed by atoms with Gasteiger partial charge in [-0.2, -0.15) is 0 Å². The number of benzene rings is 1. The molecule has 96 heavy (non-hydrogen) atoms. The van der Waals surface area contributed by atoms with Crippen molar-refractivity contribution in [3.8, 4) is 0 Å². The Morgan fingerprint density at radius 1 is 0.490 bits per heavy atom. The van der Waals surface area contributed by atoms with Gasteiger partial charge in [0, 0.05) is 33.1 Å². The van der Waals surface area contributed by atoms with E-state index in [-0.39, 0.29) is 68.7 Å². The summed E-state index contributed by atoms with van der Waals surface area (Å²) in [5.74, 6) is -11.7. The Labute approximate surface area is 567 Å². The van der Waals surface area contributed by atoms with Crippen LogP contribution in [0.5, 0.6) is 0 Å². The van der Waals surface area contributed by atoms with Crippen LogP contribution in [0.3, 0.4) is 0 Å². The summed E-state index contributed by atoms with van der Waals surface area (Å²) in [5, 5.41) is 38.5. The van der Waals surface area contributed by atoms with Crippen LogP contribution in [0.25, 0.3) is 0 Å². The van der Waals surface area contributed by atoms with Crippen molar-refractivity contribution in [2.45, 2.75) is 260 Å². The number of fused-ring (bicyclic) bond motifs is 1. The number of carbonyl (C=O) groups is 13. The Morgan fingerprint density at radius 3 is 1.48 bits per heavy atom. The first kappa shape index (κ1) is 80.7. The maximum Gasteiger partial charge on any atom is 0.245 e. The second kappa shape index (κ2) is 38.3. The van der Waals surface area contributed by atoms with E-state index in [1.54, 1.807) is 65.0 Å². The summed E-state index contributed by atoms with van der Waals surface area (Å²) in [6.07, 6.45) is 1.06. The monoisotopic (exact) mass is 1350 g/mol. The van der Waals surface area contributed by atoms with Gasteiger partial charge < -0.3 is 73.0 Å². The van der Waals surface area contributed by atoms with Gasteiger partial charge in [-0.3, -0.25) is 62.3 Å². The number of hydrogen-bond donors (Lipinski definition) is 11. The number of carbonyl (C=O) groups excluding carboxylic acids is 13. The lowest BCUT2D eigenvalue weighted by Crippen LogP contribution is -2.62. The molecule has 11 N–H and O–H groups in total. The molecule has 0 aliphatic carbocycles. The third-order valence-electron chi connectivity index (χ3n) is 17.9. The van der Waals surface area contributed by atoms with Gasteiger partial charge in [-0.05, 0) is 120 Å². The molecule has 13 amide bonds. The molecular weight excluding hydrogens is 1230 g/mol. The van der Waals surface area contributed by atoms with Crippen molar-refractivity contribution in [3.63, 3.8) is 0 Å². The van der Waals surface area contributed by atoms with Gasteiger partial charge in [0.2, 0.25) is 76.8 Å². The number of likely N-dealkylation sites (tertiary alicyclic amines) is 1. The molecule has 3 aliphatic rings. The van der Waals surface area contributed by atoms with Crippen LogP contribution in [-0.4, -0.2) is 202 Å². The molecule has 3 saturated heterocycles. The highest BCUT2D eigenvalue weighted by molar-refractivity contribution is 6.01. The molecule has 3 fully saturated rings. The number of nitrogens with one attached hydrogen (secondary N) is 10. The zero-order chi connectivity index (χ0) is 72.0. The predicted molar refractivity (Wildman–Crippen MR) is 361 cm³/mol. The van der Waals surface area contributed by atoms with Gasteiger partial charge in [0.15, 0.2) is 0 Å². The summed E-state index contributed by atoms with van der Waals surface area (Å²) in [5.41, 5.74) is 0.646. The quantitative estimate of drug-likeness (QED) is 0.119. The lowest BCUT2D eigenvalue weighted by molar-refractivity contribution is -0.143. The Bertz CT molecular complexity index is 2850. The highest BCUT2D eigenvalue weighted by Gasteiger charge is 2.43. The Morgan fingerprint density at radius 2 is 0.948 bits per heavy atom. The van der Waals surface area contributed by atoms with Crippen molar-refractivity contribution in [1.29, 1.82) is 0 Å². The minimum atomic E-state index is -1.68. The van der Waals surface area contributed by atoms with Crippen LogP contribution in [0.15, 0.2) is 30.3 Å². The zero-order valence-corrected chi connectivity index (χ0v) is 59.6. The summed E-state index contributed by atoms with van der Waals surface area (Å²) >= 11 is 0. The van der Waals surface area contributed by atoms with Gasteiger partial charge >= 0.3 is 0 Å². The van der Waals surface area contributed by atoms with Gasteiger partial charge in [0.1, 0.15) is 72.5 Å². The van der Waals surface area contributed by atoms with Gasteiger partial charge in [-0.1, -0.05) is 120 Å². The number of piperidine rings is 1. The first-order valence-corrected chi connectivity index (χ1v) is 34.7. The smallest absolute Gasteiger partial charge is 0.245 e. The van der Waals surface area contributed by atoms with Gasteiger partial charge in [-0.25, -0.2) is 0 Å². The van der Waals surface area contributed by atoms with E-state index in [0.29, 0.717) is 44.3 Å². The fraction of sp³-hybridized carbons (Fsp3) is 0.725. The van der Waals surface area contributed by atoms with E-state index < -0.39 is 174 Å². The van der Waals surface area contributed by atoms with E-state index in [4.69, 9.17) is 0 Å². The molecule has 14 atom stereocenters. The van der Waals surface area contributed by atoms with E-state index in [2.05, 4.69) is 53.2 Å². The van der Waals surface area contributed by atoms with Crippen molar-refractivity contribution in [3.05, 3.63) is 35.9 Å². The second-order valence-electron chi connectivity index (χ2n) is 28.6. The average Bonchev–Trinajstić information content (AvgIpc) is 1.29. The largest absolute Gasteiger partial charge is 0.391 e. The first-order chi connectivity index (χ1) is 45.0. The molecule has 27 nitrogen and oxygen atoms in total. The Kier molecular flexibility index (Phi) is 32.2. The molecule has 0 spiro atoms. The number of hydrogen-bond acceptors (Lipinski definition) is 14. The van der Waals surface area contributed by atoms with Crippen molar-refractivity contribution >= 4 is 76.8 Å². The Balaban J connectivity index is 1.84. The molecule has 0 radical (unpaired) electrons. The summed E-state index contributed by atoms with van der Waals surface area (Å²) in [4.78, 5) is 192. The second-order valence-corrected chi connectivity index (χ2v) is 28.6. The van der Waals surface area contributed by atoms with Gasteiger partial charge in [0.05, 0.1) is 12.5 Å². The zero-order valence-electron chi connectivity index (χ0n) is 59.6. The van der Waals surface area contributed by atoms with E-state index in [1.807, 2.05) is 48.5 Å². The first-order valence-electron chi connectivity index (χ1n) is 34.7. The minimum Gasteiger partial charge on any atom is -0.391 e. The topological polar surface area (TPSA) is 372 Å². The summed E-state index contributed by atoms with van der Waals surface area (Å²) in [7, 11) is 1.36. The van der Waals surface area contributed by atoms with Crippen LogP contribution < -0.4 is 53.2 Å². The normalized spacial score (nSPS) is 27.9. The highest BCUT2D eigenvalue weighted by atomic mass is 16.3. The molecular formula is C69H113N13O14. The molecule has 538 valence electrons. The van der Waals surface area contributed by atoms with Gasteiger partial charge in [0.25, 0.3) is 0 Å². The maximum atomic E-state index is 14.9. The minimum absolute atomic E-state index is 0.00607. The van der Waals surface area contributed by atoms with Crippen molar-refractivity contribution in [2.24, 2.45) is 35.5 Å². The molecule has 1 aromatic carbocycles. The lowest BCUT2D eigenvalue weighted by atomic mass is 9.95. The fourth-order valence-corrected chi connectivity index (χ4v) is 12.1. The van der Waals surface area contributed by atoms with Crippen LogP contribution >= 0.6 is 0 Å². The SMILES string of the molecule is CC[C@H](C)[C@@H]1NC(=O)[C@H](CC(C)C)NC(=O)[C@H](CC(C)C)NC(=O)[C@H](C)N(C)C(=O)[C@H](C(C)C)NC(=O)[C@H](C)NC(=O)C[C@@H](C(=O)N2CCCCC2)NC(=O)[C@H](CC(C)C)NC(=O)[C@H]([C@@H](C)O)NC(=O)[C@@H]2CCCN2C(=O)[C@H](CC(C)C)NC(=O)[C@H](Cc2ccccc2)NC1=O. The van der Waals surface area contributed by atoms with Crippen molar-refractivity contribution in [2.75, 3.05) is 26.7 Å². The summed E-state index contributed by atoms with van der Waals surface area (Å²) in [6, 6.07) is -7.03. The molecule has 1 aromatic rings. The molecule has 3 aliphatic heterocycles. The number of nitrogens with zero attached hydrogens (tertiary/aromatic N) is 3. The van der Waals surface area contributed by atoms with Crippen molar-refractivity contribution in [1.82, 2.24) is 67.9 Å². The molecule has 0 aromatic heterocycles. The molecule has 0 bridgehead atoms. The molecule has 4 rings (SSSR count). The molecule has 0 saturated carbocycles. The van der Waals surface area contributed by atoms with Crippen LogP contribution in [0.2, 0.25) is 0 Å². The van der Waals surface area contributed by atoms with E-state index in [0.717, 1.165) is 11.3 Å². The van der Waals surface area contributed by atoms with Crippen LogP contribution in [0, 0.1) is 35.5 Å². The number of likely N-dealkylation sites (N-methyl/N-ethyl adjacent to an activating group) is 1. The summed E-state index contributed by atoms with van der Waals surface area (Å²) < 4.78 is 0. The number of amides is 13. The van der Waals surface area contributed by atoms with Crippen LogP contribution in [0.4, 0.5) is 0 Å².